The second-order valence-electron chi connectivity index (χ2n) is 5.61. The van der Waals surface area contributed by atoms with E-state index in [0.29, 0.717) is 30.8 Å². The number of nitriles is 1. The van der Waals surface area contributed by atoms with Gasteiger partial charge in [0, 0.05) is 19.2 Å². The van der Waals surface area contributed by atoms with E-state index < -0.39 is 0 Å². The number of nitrogens with zero attached hydrogens (tertiary/aromatic N) is 3. The number of ether oxygens (including phenoxy) is 1. The molecule has 0 fully saturated rings. The van der Waals surface area contributed by atoms with Gasteiger partial charge in [-0.05, 0) is 31.0 Å². The Kier molecular flexibility index (Phi) is 4.50. The maximum Gasteiger partial charge on any atom is 0.157 e. The number of rotatable bonds is 6. The number of fused-ring (bicyclic) bond motifs is 3. The molecule has 0 amide bonds. The van der Waals surface area contributed by atoms with Gasteiger partial charge in [0.25, 0.3) is 0 Å². The standard InChI is InChI=1S/C19H20N4O/c1-4-7-14-13(2)15(12-20)19-22-16-8-5-6-9-17(16)23(19)18(14)21-10-11-24-3/h4-6,8-9,21H,1,7,10-11H2,2-3H3. The van der Waals surface area contributed by atoms with Crippen LogP contribution in [0.25, 0.3) is 16.7 Å². The van der Waals surface area contributed by atoms with Crippen molar-refractivity contribution in [3.8, 4) is 6.07 Å². The molecule has 2 aromatic heterocycles. The molecule has 0 saturated carbocycles. The summed E-state index contributed by atoms with van der Waals surface area (Å²) in [5.41, 5.74) is 5.16. The number of pyridine rings is 1. The third-order valence-electron chi connectivity index (χ3n) is 4.18. The Labute approximate surface area is 141 Å². The third-order valence-corrected chi connectivity index (χ3v) is 4.18. The molecule has 3 rings (SSSR count). The number of para-hydroxylation sites is 2. The second-order valence-corrected chi connectivity index (χ2v) is 5.61. The summed E-state index contributed by atoms with van der Waals surface area (Å²) in [5.74, 6) is 0.951. The first kappa shape index (κ1) is 16.0. The van der Waals surface area contributed by atoms with Crippen LogP contribution >= 0.6 is 0 Å². The molecule has 0 radical (unpaired) electrons. The van der Waals surface area contributed by atoms with Crippen molar-refractivity contribution in [1.82, 2.24) is 9.38 Å². The summed E-state index contributed by atoms with van der Waals surface area (Å²) < 4.78 is 7.20. The zero-order chi connectivity index (χ0) is 17.1. The highest BCUT2D eigenvalue weighted by molar-refractivity contribution is 5.86. The molecule has 0 aliphatic rings. The minimum atomic E-state index is 0.598. The molecule has 3 aromatic rings. The number of nitrogens with one attached hydrogen (secondary N) is 1. The van der Waals surface area contributed by atoms with E-state index in [1.54, 1.807) is 7.11 Å². The van der Waals surface area contributed by atoms with Gasteiger partial charge in [-0.25, -0.2) is 4.98 Å². The first-order chi connectivity index (χ1) is 11.7. The van der Waals surface area contributed by atoms with Crippen molar-refractivity contribution >= 4 is 22.5 Å². The van der Waals surface area contributed by atoms with Gasteiger partial charge in [-0.2, -0.15) is 5.26 Å². The molecular formula is C19H20N4O. The van der Waals surface area contributed by atoms with Crippen LogP contribution in [-0.4, -0.2) is 29.6 Å². The summed E-state index contributed by atoms with van der Waals surface area (Å²) in [6.45, 7) is 7.10. The van der Waals surface area contributed by atoms with Gasteiger partial charge in [-0.15, -0.1) is 6.58 Å². The number of benzene rings is 1. The molecule has 0 atom stereocenters. The van der Waals surface area contributed by atoms with Crippen LogP contribution < -0.4 is 5.32 Å². The number of hydrogen-bond donors (Lipinski definition) is 1. The molecular weight excluding hydrogens is 300 g/mol. The van der Waals surface area contributed by atoms with Gasteiger partial charge in [0.15, 0.2) is 5.65 Å². The zero-order valence-electron chi connectivity index (χ0n) is 14.0. The number of allylic oxidation sites excluding steroid dienone is 1. The Morgan fingerprint density at radius 1 is 1.42 bits per heavy atom. The Morgan fingerprint density at radius 3 is 2.92 bits per heavy atom. The normalized spacial score (nSPS) is 10.9. The van der Waals surface area contributed by atoms with Gasteiger partial charge in [0.1, 0.15) is 11.9 Å². The Hall–Kier alpha value is -2.84. The summed E-state index contributed by atoms with van der Waals surface area (Å²) in [5, 5.41) is 13.1. The lowest BCUT2D eigenvalue weighted by Gasteiger charge is -2.18. The monoisotopic (exact) mass is 320 g/mol. The average molecular weight is 320 g/mol. The predicted molar refractivity (Wildman–Crippen MR) is 96.4 cm³/mol. The van der Waals surface area contributed by atoms with Crippen molar-refractivity contribution in [3.63, 3.8) is 0 Å². The average Bonchev–Trinajstić information content (AvgIpc) is 2.97. The molecule has 0 bridgehead atoms. The van der Waals surface area contributed by atoms with Gasteiger partial charge in [0.05, 0.1) is 23.2 Å². The number of imidazole rings is 1. The topological polar surface area (TPSA) is 62.4 Å². The van der Waals surface area contributed by atoms with E-state index in [-0.39, 0.29) is 0 Å². The molecule has 5 nitrogen and oxygen atoms in total. The summed E-state index contributed by atoms with van der Waals surface area (Å²) >= 11 is 0. The molecule has 1 aromatic carbocycles. The predicted octanol–water partition coefficient (Wildman–Crippen LogP) is 3.45. The molecule has 2 heterocycles. The Balaban J connectivity index is 2.39. The summed E-state index contributed by atoms with van der Waals surface area (Å²) in [6.07, 6.45) is 2.54. The van der Waals surface area contributed by atoms with Crippen LogP contribution in [0, 0.1) is 18.3 Å². The first-order valence-corrected chi connectivity index (χ1v) is 7.89. The van der Waals surface area contributed by atoms with Gasteiger partial charge < -0.3 is 10.1 Å². The van der Waals surface area contributed by atoms with Crippen LogP contribution in [-0.2, 0) is 11.2 Å². The van der Waals surface area contributed by atoms with E-state index in [9.17, 15) is 5.26 Å². The van der Waals surface area contributed by atoms with Crippen molar-refractivity contribution in [2.24, 2.45) is 0 Å². The fraction of sp³-hybridized carbons (Fsp3) is 0.263. The van der Waals surface area contributed by atoms with Gasteiger partial charge >= 0.3 is 0 Å². The van der Waals surface area contributed by atoms with Crippen LogP contribution in [0.15, 0.2) is 36.9 Å². The Morgan fingerprint density at radius 2 is 2.21 bits per heavy atom. The van der Waals surface area contributed by atoms with Gasteiger partial charge in [-0.3, -0.25) is 4.40 Å². The number of aromatic nitrogens is 2. The van der Waals surface area contributed by atoms with E-state index >= 15 is 0 Å². The molecule has 0 unspecified atom stereocenters. The smallest absolute Gasteiger partial charge is 0.157 e. The maximum atomic E-state index is 9.67. The molecule has 5 heteroatoms. The minimum Gasteiger partial charge on any atom is -0.383 e. The first-order valence-electron chi connectivity index (χ1n) is 7.89. The van der Waals surface area contributed by atoms with Crippen LogP contribution in [0.2, 0.25) is 0 Å². The molecule has 24 heavy (non-hydrogen) atoms. The molecule has 1 N–H and O–H groups in total. The van der Waals surface area contributed by atoms with Crippen molar-refractivity contribution < 1.29 is 4.74 Å². The lowest BCUT2D eigenvalue weighted by molar-refractivity contribution is 0.210. The molecule has 0 aliphatic carbocycles. The Bertz CT molecular complexity index is 950. The highest BCUT2D eigenvalue weighted by atomic mass is 16.5. The zero-order valence-corrected chi connectivity index (χ0v) is 14.0. The number of methoxy groups -OCH3 is 1. The van der Waals surface area contributed by atoms with Gasteiger partial charge in [-0.1, -0.05) is 18.2 Å². The van der Waals surface area contributed by atoms with Crippen LogP contribution in [0.1, 0.15) is 16.7 Å². The van der Waals surface area contributed by atoms with Crippen molar-refractivity contribution in [2.45, 2.75) is 13.3 Å². The molecule has 0 saturated heterocycles. The lowest BCUT2D eigenvalue weighted by Crippen LogP contribution is -2.14. The lowest BCUT2D eigenvalue weighted by atomic mass is 10.0. The third kappa shape index (κ3) is 2.51. The largest absolute Gasteiger partial charge is 0.383 e. The van der Waals surface area contributed by atoms with Crippen LogP contribution in [0.4, 0.5) is 5.82 Å². The minimum absolute atomic E-state index is 0.598. The SMILES string of the molecule is C=CCc1c(C)c(C#N)c2nc3ccccc3n2c1NCCOC. The van der Waals surface area contributed by atoms with E-state index in [1.807, 2.05) is 41.7 Å². The van der Waals surface area contributed by atoms with Crippen molar-refractivity contribution in [3.05, 3.63) is 53.6 Å². The highest BCUT2D eigenvalue weighted by Gasteiger charge is 2.19. The molecule has 0 aliphatic heterocycles. The number of anilines is 1. The van der Waals surface area contributed by atoms with Crippen molar-refractivity contribution in [2.75, 3.05) is 25.6 Å². The summed E-state index contributed by atoms with van der Waals surface area (Å²) in [4.78, 5) is 4.68. The van der Waals surface area contributed by atoms with E-state index in [4.69, 9.17) is 4.74 Å². The summed E-state index contributed by atoms with van der Waals surface area (Å²) in [6, 6.07) is 10.2. The highest BCUT2D eigenvalue weighted by Crippen LogP contribution is 2.31. The number of hydrogen-bond acceptors (Lipinski definition) is 4. The van der Waals surface area contributed by atoms with Crippen molar-refractivity contribution in [1.29, 1.82) is 5.26 Å². The van der Waals surface area contributed by atoms with Gasteiger partial charge in [0.2, 0.25) is 0 Å². The quantitative estimate of drug-likeness (QED) is 0.558. The van der Waals surface area contributed by atoms with E-state index in [0.717, 1.165) is 28.0 Å². The maximum absolute atomic E-state index is 9.67. The summed E-state index contributed by atoms with van der Waals surface area (Å²) in [7, 11) is 1.68. The van der Waals surface area contributed by atoms with Crippen LogP contribution in [0.3, 0.4) is 0 Å². The fourth-order valence-electron chi connectivity index (χ4n) is 3.04. The molecule has 0 spiro atoms. The van der Waals surface area contributed by atoms with E-state index in [1.165, 1.54) is 0 Å². The van der Waals surface area contributed by atoms with Crippen LogP contribution in [0.5, 0.6) is 0 Å². The fourth-order valence-corrected chi connectivity index (χ4v) is 3.04. The van der Waals surface area contributed by atoms with E-state index in [2.05, 4.69) is 22.9 Å². The second kappa shape index (κ2) is 6.73. The molecule has 122 valence electrons.